The van der Waals surface area contributed by atoms with Crippen LogP contribution >= 0.6 is 11.6 Å². The van der Waals surface area contributed by atoms with Crippen LogP contribution in [0.4, 0.5) is 0 Å². The second kappa shape index (κ2) is 9.45. The van der Waals surface area contributed by atoms with E-state index in [0.717, 1.165) is 22.6 Å². The third kappa shape index (κ3) is 4.63. The predicted octanol–water partition coefficient (Wildman–Crippen LogP) is 4.31. The molecule has 1 N–H and O–H groups in total. The molecule has 1 aliphatic rings. The van der Waals surface area contributed by atoms with Crippen molar-refractivity contribution < 1.29 is 19.4 Å². The van der Waals surface area contributed by atoms with E-state index in [-0.39, 0.29) is 18.8 Å². The van der Waals surface area contributed by atoms with Gasteiger partial charge in [0, 0.05) is 11.1 Å². The second-order valence-corrected chi connectivity index (χ2v) is 6.80. The molecule has 2 aromatic carbocycles. The van der Waals surface area contributed by atoms with E-state index in [2.05, 4.69) is 10.1 Å². The lowest BCUT2D eigenvalue weighted by Crippen LogP contribution is -2.26. The molecule has 0 fully saturated rings. The number of hydrazone groups is 1. The lowest BCUT2D eigenvalue weighted by atomic mass is 10.0. The molecule has 30 heavy (non-hydrogen) atoms. The van der Waals surface area contributed by atoms with Gasteiger partial charge in [-0.25, -0.2) is 9.80 Å². The predicted molar refractivity (Wildman–Crippen MR) is 118 cm³/mol. The molecule has 0 aliphatic carbocycles. The number of carbonyl (C=O) groups is 1. The highest BCUT2D eigenvalue weighted by Crippen LogP contribution is 2.31. The number of aliphatic carboxylic acids is 1. The normalized spacial score (nSPS) is 14.1. The van der Waals surface area contributed by atoms with Gasteiger partial charge in [-0.15, -0.1) is 0 Å². The van der Waals surface area contributed by atoms with E-state index in [0.29, 0.717) is 16.5 Å². The van der Waals surface area contributed by atoms with E-state index in [1.807, 2.05) is 36.4 Å². The van der Waals surface area contributed by atoms with Crippen LogP contribution in [0.15, 0.2) is 58.6 Å². The first-order valence-corrected chi connectivity index (χ1v) is 9.67. The smallest absolute Gasteiger partial charge is 0.352 e. The van der Waals surface area contributed by atoms with Crippen molar-refractivity contribution >= 4 is 34.7 Å². The van der Waals surface area contributed by atoms with Gasteiger partial charge >= 0.3 is 5.97 Å². The van der Waals surface area contributed by atoms with Crippen LogP contribution in [0.3, 0.4) is 0 Å². The molecule has 0 bridgehead atoms. The van der Waals surface area contributed by atoms with Crippen molar-refractivity contribution in [3.63, 3.8) is 0 Å². The number of halogens is 1. The topological polar surface area (TPSA) is 83.7 Å². The maximum absolute atomic E-state index is 11.5. The average molecular weight is 428 g/mol. The van der Waals surface area contributed by atoms with Crippen LogP contribution < -0.4 is 9.47 Å². The molecule has 8 heteroatoms. The summed E-state index contributed by atoms with van der Waals surface area (Å²) in [6.45, 7) is 1.92. The number of hydrogen-bond donors (Lipinski definition) is 1. The summed E-state index contributed by atoms with van der Waals surface area (Å²) in [7, 11) is 3.16. The summed E-state index contributed by atoms with van der Waals surface area (Å²) in [6.07, 6.45) is 2.15. The number of carboxylic acids is 1. The molecule has 3 rings (SSSR count). The molecule has 156 valence electrons. The number of aliphatic imine (C=N–C) groups is 1. The summed E-state index contributed by atoms with van der Waals surface area (Å²) in [5, 5.41) is 15.7. The molecule has 0 radical (unpaired) electrons. The van der Waals surface area contributed by atoms with Crippen LogP contribution in [0.1, 0.15) is 24.5 Å². The summed E-state index contributed by atoms with van der Waals surface area (Å²) >= 11 is 6.32. The maximum atomic E-state index is 11.5. The molecule has 0 atom stereocenters. The van der Waals surface area contributed by atoms with E-state index in [1.165, 1.54) is 0 Å². The van der Waals surface area contributed by atoms with Crippen molar-refractivity contribution in [2.75, 3.05) is 20.9 Å². The van der Waals surface area contributed by atoms with Crippen molar-refractivity contribution in [2.45, 2.75) is 13.3 Å². The van der Waals surface area contributed by atoms with Gasteiger partial charge in [-0.2, -0.15) is 5.10 Å². The van der Waals surface area contributed by atoms with Gasteiger partial charge in [0.15, 0.2) is 0 Å². The summed E-state index contributed by atoms with van der Waals surface area (Å²) in [5.74, 6) is 0.242. The summed E-state index contributed by atoms with van der Waals surface area (Å²) < 4.78 is 10.4. The minimum atomic E-state index is -1.06. The van der Waals surface area contributed by atoms with Gasteiger partial charge in [-0.3, -0.25) is 4.99 Å². The Bertz CT molecular complexity index is 1030. The number of benzene rings is 2. The first kappa shape index (κ1) is 21.4. The Labute approximate surface area is 179 Å². The molecule has 0 unspecified atom stereocenters. The first-order valence-electron chi connectivity index (χ1n) is 9.29. The largest absolute Gasteiger partial charge is 0.497 e. The van der Waals surface area contributed by atoms with Crippen LogP contribution in [-0.4, -0.2) is 48.4 Å². The fraction of sp³-hybridized carbons (Fsp3) is 0.227. The minimum absolute atomic E-state index is 0.0450. The van der Waals surface area contributed by atoms with Crippen LogP contribution in [0, 0.1) is 0 Å². The van der Waals surface area contributed by atoms with Crippen LogP contribution in [0.25, 0.3) is 5.70 Å². The Kier molecular flexibility index (Phi) is 6.74. The Morgan fingerprint density at radius 2 is 1.87 bits per heavy atom. The molecule has 0 aromatic heterocycles. The number of allylic oxidation sites excluding steroid dienone is 1. The zero-order valence-electron chi connectivity index (χ0n) is 16.9. The van der Waals surface area contributed by atoms with Crippen LogP contribution in [0.5, 0.6) is 11.5 Å². The quantitative estimate of drug-likeness (QED) is 0.665. The summed E-state index contributed by atoms with van der Waals surface area (Å²) in [6, 6.07) is 12.9. The van der Waals surface area contributed by atoms with Gasteiger partial charge in [-0.1, -0.05) is 18.5 Å². The van der Waals surface area contributed by atoms with Crippen molar-refractivity contribution in [1.29, 1.82) is 0 Å². The fourth-order valence-electron chi connectivity index (χ4n) is 2.96. The van der Waals surface area contributed by atoms with E-state index < -0.39 is 5.97 Å². The molecular weight excluding hydrogens is 406 g/mol. The Hall–Kier alpha value is -3.32. The second-order valence-electron chi connectivity index (χ2n) is 6.40. The SMILES string of the molecule is CC/C(=N\N1CN=C(c2ccc(OC)cc2)C=C1c1ccc(OC)c(Cl)c1)C(=O)O. The maximum Gasteiger partial charge on any atom is 0.352 e. The molecular formula is C22H22ClN3O4. The van der Waals surface area contributed by atoms with E-state index in [9.17, 15) is 9.90 Å². The molecule has 1 aliphatic heterocycles. The lowest BCUT2D eigenvalue weighted by Gasteiger charge is -2.26. The standard InChI is InChI=1S/C22H22ClN3O4/c1-4-18(22(27)28)25-26-13-24-19(14-5-8-16(29-2)9-6-14)12-20(26)15-7-10-21(30-3)17(23)11-15/h5-12H,4,13H2,1-3H3,(H,27,28)/b25-18+. The zero-order chi connectivity index (χ0) is 21.7. The van der Waals surface area contributed by atoms with Crippen molar-refractivity contribution in [2.24, 2.45) is 10.1 Å². The number of rotatable bonds is 7. The zero-order valence-corrected chi connectivity index (χ0v) is 17.7. The molecule has 0 spiro atoms. The van der Waals surface area contributed by atoms with Crippen LogP contribution in [-0.2, 0) is 4.79 Å². The third-order valence-corrected chi connectivity index (χ3v) is 4.88. The number of carboxylic acid groups (broad SMARTS) is 1. The van der Waals surface area contributed by atoms with Crippen molar-refractivity contribution in [1.82, 2.24) is 5.01 Å². The molecule has 0 amide bonds. The fourth-order valence-corrected chi connectivity index (χ4v) is 3.22. The Morgan fingerprint density at radius 1 is 1.17 bits per heavy atom. The molecule has 1 heterocycles. The summed E-state index contributed by atoms with van der Waals surface area (Å²) in [4.78, 5) is 16.1. The molecule has 2 aromatic rings. The number of nitrogens with zero attached hydrogens (tertiary/aromatic N) is 3. The van der Waals surface area contributed by atoms with Gasteiger partial charge in [0.25, 0.3) is 0 Å². The van der Waals surface area contributed by atoms with Crippen LogP contribution in [0.2, 0.25) is 5.02 Å². The minimum Gasteiger partial charge on any atom is -0.497 e. The Morgan fingerprint density at radius 3 is 2.43 bits per heavy atom. The molecule has 7 nitrogen and oxygen atoms in total. The molecule has 0 saturated carbocycles. The van der Waals surface area contributed by atoms with E-state index in [1.54, 1.807) is 38.3 Å². The monoisotopic (exact) mass is 427 g/mol. The highest BCUT2D eigenvalue weighted by Gasteiger charge is 2.21. The molecule has 0 saturated heterocycles. The van der Waals surface area contributed by atoms with E-state index >= 15 is 0 Å². The van der Waals surface area contributed by atoms with E-state index in [4.69, 9.17) is 21.1 Å². The lowest BCUT2D eigenvalue weighted by molar-refractivity contribution is -0.129. The van der Waals surface area contributed by atoms with Crippen molar-refractivity contribution in [3.05, 3.63) is 64.7 Å². The van der Waals surface area contributed by atoms with Gasteiger partial charge in [-0.05, 0) is 55.0 Å². The van der Waals surface area contributed by atoms with Gasteiger partial charge in [0.05, 0.1) is 30.7 Å². The number of methoxy groups -OCH3 is 2. The average Bonchev–Trinajstić information content (AvgIpc) is 2.77. The van der Waals surface area contributed by atoms with Gasteiger partial charge < -0.3 is 14.6 Å². The van der Waals surface area contributed by atoms with Gasteiger partial charge in [0.2, 0.25) is 0 Å². The number of hydrogen-bond acceptors (Lipinski definition) is 6. The number of ether oxygens (including phenoxy) is 2. The first-order chi connectivity index (χ1) is 14.5. The summed E-state index contributed by atoms with van der Waals surface area (Å²) in [5.41, 5.74) is 3.16. The highest BCUT2D eigenvalue weighted by atomic mass is 35.5. The van der Waals surface area contributed by atoms with Crippen molar-refractivity contribution in [3.8, 4) is 11.5 Å². The third-order valence-electron chi connectivity index (χ3n) is 4.58. The highest BCUT2D eigenvalue weighted by molar-refractivity contribution is 6.35. The van der Waals surface area contributed by atoms with Gasteiger partial charge in [0.1, 0.15) is 23.9 Å². The Balaban J connectivity index is 2.06.